The first-order valence-electron chi connectivity index (χ1n) is 8.15. The van der Waals surface area contributed by atoms with Crippen LogP contribution in [-0.2, 0) is 9.53 Å². The van der Waals surface area contributed by atoms with E-state index in [1.165, 1.54) is 12.8 Å². The predicted octanol–water partition coefficient (Wildman–Crippen LogP) is 2.55. The quantitative estimate of drug-likeness (QED) is 0.618. The maximum atomic E-state index is 12.8. The molecule has 1 aliphatic heterocycles. The van der Waals surface area contributed by atoms with Gasteiger partial charge in [0.25, 0.3) is 0 Å². The van der Waals surface area contributed by atoms with Crippen molar-refractivity contribution in [3.8, 4) is 0 Å². The number of carbonyl (C=O) groups excluding carboxylic acids is 1. The molecule has 2 rings (SSSR count). The largest absolute Gasteiger partial charge is 0.392 e. The molecule has 0 radical (unpaired) electrons. The number of thiocarbonyl (C=S) groups is 1. The minimum absolute atomic E-state index is 0.0459. The molecule has 1 amide bonds. The van der Waals surface area contributed by atoms with Gasteiger partial charge in [-0.15, -0.1) is 0 Å². The maximum absolute atomic E-state index is 12.8. The third-order valence-corrected chi connectivity index (χ3v) is 5.63. The van der Waals surface area contributed by atoms with E-state index in [1.54, 1.807) is 0 Å². The summed E-state index contributed by atoms with van der Waals surface area (Å²) in [5.74, 6) is 0.0459. The summed E-state index contributed by atoms with van der Waals surface area (Å²) >= 11 is 5.26. The lowest BCUT2D eigenvalue weighted by Gasteiger charge is -2.36. The van der Waals surface area contributed by atoms with Gasteiger partial charge in [0.1, 0.15) is 0 Å². The average Bonchev–Trinajstić information content (AvgIpc) is 2.72. The van der Waals surface area contributed by atoms with E-state index in [-0.39, 0.29) is 11.3 Å². The van der Waals surface area contributed by atoms with Crippen LogP contribution in [0.3, 0.4) is 0 Å². The Morgan fingerprint density at radius 3 is 2.24 bits per heavy atom. The molecular weight excluding hydrogens is 284 g/mol. The normalized spacial score (nSPS) is 24.8. The Labute approximate surface area is 133 Å². The molecule has 120 valence electrons. The first-order valence-corrected chi connectivity index (χ1v) is 8.55. The van der Waals surface area contributed by atoms with Crippen LogP contribution in [0.1, 0.15) is 58.3 Å². The van der Waals surface area contributed by atoms with Gasteiger partial charge in [0, 0.05) is 19.8 Å². The van der Waals surface area contributed by atoms with Crippen molar-refractivity contribution in [3.63, 3.8) is 0 Å². The second-order valence-electron chi connectivity index (χ2n) is 6.97. The molecule has 1 aliphatic carbocycles. The highest BCUT2D eigenvalue weighted by atomic mass is 32.1. The van der Waals surface area contributed by atoms with Crippen LogP contribution in [0, 0.1) is 10.8 Å². The number of nitrogens with two attached hydrogens (primary N) is 1. The molecule has 5 heteroatoms. The van der Waals surface area contributed by atoms with Crippen LogP contribution in [0.15, 0.2) is 0 Å². The number of nitrogens with one attached hydrogen (secondary N) is 1. The smallest absolute Gasteiger partial charge is 0.233 e. The predicted molar refractivity (Wildman–Crippen MR) is 88.1 cm³/mol. The van der Waals surface area contributed by atoms with E-state index < -0.39 is 5.41 Å². The Hall–Kier alpha value is -0.680. The van der Waals surface area contributed by atoms with Gasteiger partial charge >= 0.3 is 0 Å². The van der Waals surface area contributed by atoms with Crippen molar-refractivity contribution in [2.45, 2.75) is 58.3 Å². The zero-order valence-electron chi connectivity index (χ0n) is 13.1. The molecule has 0 spiro atoms. The van der Waals surface area contributed by atoms with Gasteiger partial charge in [0.2, 0.25) is 5.91 Å². The summed E-state index contributed by atoms with van der Waals surface area (Å²) < 4.78 is 5.41. The first kappa shape index (κ1) is 16.7. The number of amides is 1. The molecule has 0 aromatic carbocycles. The highest BCUT2D eigenvalue weighted by Crippen LogP contribution is 2.36. The fourth-order valence-corrected chi connectivity index (χ4v) is 3.72. The lowest BCUT2D eigenvalue weighted by Crippen LogP contribution is -2.51. The van der Waals surface area contributed by atoms with Gasteiger partial charge in [-0.3, -0.25) is 4.79 Å². The third kappa shape index (κ3) is 3.95. The second kappa shape index (κ2) is 7.05. The van der Waals surface area contributed by atoms with E-state index in [1.807, 2.05) is 0 Å². The van der Waals surface area contributed by atoms with Crippen LogP contribution in [0.2, 0.25) is 0 Å². The van der Waals surface area contributed by atoms with Crippen LogP contribution in [0.5, 0.6) is 0 Å². The monoisotopic (exact) mass is 312 g/mol. The van der Waals surface area contributed by atoms with E-state index in [9.17, 15) is 4.79 Å². The van der Waals surface area contributed by atoms with Crippen LogP contribution in [-0.4, -0.2) is 30.7 Å². The summed E-state index contributed by atoms with van der Waals surface area (Å²) in [7, 11) is 0. The summed E-state index contributed by atoms with van der Waals surface area (Å²) in [6, 6.07) is 0. The SMILES string of the molecule is CC1(CNC(=O)C2(C(N)=S)CCCCCC2)CCOCC1. The molecule has 0 bridgehead atoms. The zero-order valence-corrected chi connectivity index (χ0v) is 13.9. The Balaban J connectivity index is 2.00. The Bertz CT molecular complexity index is 384. The minimum Gasteiger partial charge on any atom is -0.392 e. The molecule has 1 saturated carbocycles. The first-order chi connectivity index (χ1) is 9.99. The lowest BCUT2D eigenvalue weighted by molar-refractivity contribution is -0.129. The van der Waals surface area contributed by atoms with Gasteiger partial charge in [0.05, 0.1) is 10.4 Å². The van der Waals surface area contributed by atoms with Gasteiger partial charge in [-0.05, 0) is 31.1 Å². The maximum Gasteiger partial charge on any atom is 0.233 e. The van der Waals surface area contributed by atoms with Gasteiger partial charge in [-0.1, -0.05) is 44.8 Å². The molecule has 3 N–H and O–H groups in total. The number of ether oxygens (including phenoxy) is 1. The van der Waals surface area contributed by atoms with E-state index >= 15 is 0 Å². The van der Waals surface area contributed by atoms with E-state index in [0.717, 1.165) is 51.7 Å². The molecule has 0 aromatic rings. The average molecular weight is 312 g/mol. The molecule has 0 aromatic heterocycles. The van der Waals surface area contributed by atoms with Gasteiger partial charge < -0.3 is 15.8 Å². The van der Waals surface area contributed by atoms with Crippen LogP contribution in [0.4, 0.5) is 0 Å². The van der Waals surface area contributed by atoms with Crippen molar-refractivity contribution in [1.82, 2.24) is 5.32 Å². The molecule has 1 heterocycles. The number of rotatable bonds is 4. The molecular formula is C16H28N2O2S. The fourth-order valence-electron chi connectivity index (χ4n) is 3.42. The summed E-state index contributed by atoms with van der Waals surface area (Å²) in [4.78, 5) is 13.2. The van der Waals surface area contributed by atoms with Crippen molar-refractivity contribution >= 4 is 23.1 Å². The van der Waals surface area contributed by atoms with Crippen molar-refractivity contribution in [2.75, 3.05) is 19.8 Å². The highest BCUT2D eigenvalue weighted by Gasteiger charge is 2.42. The summed E-state index contributed by atoms with van der Waals surface area (Å²) in [6.07, 6.45) is 8.01. The lowest BCUT2D eigenvalue weighted by atomic mass is 9.78. The summed E-state index contributed by atoms with van der Waals surface area (Å²) in [5, 5.41) is 3.15. The van der Waals surface area contributed by atoms with Gasteiger partial charge in [0.15, 0.2) is 0 Å². The molecule has 0 atom stereocenters. The summed E-state index contributed by atoms with van der Waals surface area (Å²) in [6.45, 7) is 4.48. The topological polar surface area (TPSA) is 64.4 Å². The zero-order chi connectivity index (χ0) is 15.3. The second-order valence-corrected chi connectivity index (χ2v) is 7.41. The van der Waals surface area contributed by atoms with E-state index in [4.69, 9.17) is 22.7 Å². The van der Waals surface area contributed by atoms with E-state index in [2.05, 4.69) is 12.2 Å². The molecule has 1 saturated heterocycles. The molecule has 0 unspecified atom stereocenters. The van der Waals surface area contributed by atoms with Crippen molar-refractivity contribution in [3.05, 3.63) is 0 Å². The Morgan fingerprint density at radius 2 is 1.71 bits per heavy atom. The molecule has 2 fully saturated rings. The minimum atomic E-state index is -0.618. The highest BCUT2D eigenvalue weighted by molar-refractivity contribution is 7.80. The van der Waals surface area contributed by atoms with Crippen LogP contribution < -0.4 is 11.1 Å². The third-order valence-electron chi connectivity index (χ3n) is 5.24. The van der Waals surface area contributed by atoms with Crippen molar-refractivity contribution in [1.29, 1.82) is 0 Å². The van der Waals surface area contributed by atoms with E-state index in [0.29, 0.717) is 11.5 Å². The molecule has 4 nitrogen and oxygen atoms in total. The summed E-state index contributed by atoms with van der Waals surface area (Å²) in [5.41, 5.74) is 5.48. The van der Waals surface area contributed by atoms with Crippen LogP contribution in [0.25, 0.3) is 0 Å². The fraction of sp³-hybridized carbons (Fsp3) is 0.875. The Morgan fingerprint density at radius 1 is 1.14 bits per heavy atom. The number of hydrogen-bond acceptors (Lipinski definition) is 3. The van der Waals surface area contributed by atoms with Crippen LogP contribution >= 0.6 is 12.2 Å². The Kier molecular flexibility index (Phi) is 5.60. The molecule has 21 heavy (non-hydrogen) atoms. The standard InChI is InChI=1S/C16H28N2O2S/c1-15(8-10-20-11-9-15)12-18-14(19)16(13(17)21)6-4-2-3-5-7-16/h2-12H2,1H3,(H2,17,21)(H,18,19). The van der Waals surface area contributed by atoms with Gasteiger partial charge in [-0.25, -0.2) is 0 Å². The van der Waals surface area contributed by atoms with Crippen molar-refractivity contribution in [2.24, 2.45) is 16.6 Å². The number of carbonyl (C=O) groups is 1. The molecule has 2 aliphatic rings. The van der Waals surface area contributed by atoms with Gasteiger partial charge in [-0.2, -0.15) is 0 Å². The number of hydrogen-bond donors (Lipinski definition) is 2. The van der Waals surface area contributed by atoms with Crippen molar-refractivity contribution < 1.29 is 9.53 Å².